The number of rotatable bonds is 4. The van der Waals surface area contributed by atoms with Gasteiger partial charge in [0.25, 0.3) is 0 Å². The van der Waals surface area contributed by atoms with Gasteiger partial charge in [-0.3, -0.25) is 0 Å². The van der Waals surface area contributed by atoms with Crippen molar-refractivity contribution in [2.24, 2.45) is 17.6 Å². The molecule has 2 bridgehead atoms. The Bertz CT molecular complexity index is 625. The van der Waals surface area contributed by atoms with E-state index in [-0.39, 0.29) is 15.9 Å². The molecule has 2 aliphatic rings. The molecule has 108 valence electrons. The van der Waals surface area contributed by atoms with Crippen molar-refractivity contribution >= 4 is 27.2 Å². The Morgan fingerprint density at radius 3 is 2.40 bits per heavy atom. The highest BCUT2D eigenvalue weighted by Gasteiger charge is 2.41. The fourth-order valence-corrected chi connectivity index (χ4v) is 4.91. The van der Waals surface area contributed by atoms with Gasteiger partial charge in [0.2, 0.25) is 10.0 Å². The standard InChI is InChI=1S/C14H18N2O2S2/c15-14(19)10-3-5-12(6-4-10)20(17,18)16-13-8-9-1-2-11(13)7-9/h3-6,9,11,13,16H,1-2,7-8H2,(H2,15,19). The maximum absolute atomic E-state index is 12.4. The van der Waals surface area contributed by atoms with Crippen molar-refractivity contribution in [1.82, 2.24) is 4.72 Å². The first kappa shape index (κ1) is 14.0. The molecule has 4 nitrogen and oxygen atoms in total. The number of nitrogens with two attached hydrogens (primary N) is 1. The minimum Gasteiger partial charge on any atom is -0.389 e. The average molecular weight is 310 g/mol. The van der Waals surface area contributed by atoms with Gasteiger partial charge in [0.15, 0.2) is 0 Å². The average Bonchev–Trinajstić information content (AvgIpc) is 3.00. The summed E-state index contributed by atoms with van der Waals surface area (Å²) in [5, 5.41) is 0. The highest BCUT2D eigenvalue weighted by atomic mass is 32.2. The van der Waals surface area contributed by atoms with Crippen LogP contribution < -0.4 is 10.5 Å². The van der Waals surface area contributed by atoms with E-state index < -0.39 is 10.0 Å². The van der Waals surface area contributed by atoms with Crippen molar-refractivity contribution in [3.63, 3.8) is 0 Å². The molecule has 3 atom stereocenters. The van der Waals surface area contributed by atoms with E-state index in [0.29, 0.717) is 17.4 Å². The molecule has 3 N–H and O–H groups in total. The zero-order valence-electron chi connectivity index (χ0n) is 11.1. The Hall–Kier alpha value is -0.980. The van der Waals surface area contributed by atoms with Crippen molar-refractivity contribution in [3.8, 4) is 0 Å². The lowest BCUT2D eigenvalue weighted by molar-refractivity contribution is 0.390. The van der Waals surface area contributed by atoms with Gasteiger partial charge in [-0.25, -0.2) is 13.1 Å². The highest BCUT2D eigenvalue weighted by molar-refractivity contribution is 7.89. The first-order chi connectivity index (χ1) is 9.45. The van der Waals surface area contributed by atoms with Gasteiger partial charge in [-0.05, 0) is 43.2 Å². The Labute approximate surface area is 124 Å². The van der Waals surface area contributed by atoms with E-state index in [4.69, 9.17) is 18.0 Å². The Kier molecular flexibility index (Phi) is 3.56. The second kappa shape index (κ2) is 5.09. The third-order valence-electron chi connectivity index (χ3n) is 4.49. The summed E-state index contributed by atoms with van der Waals surface area (Å²) in [4.78, 5) is 0.551. The van der Waals surface area contributed by atoms with Crippen LogP contribution in [0.15, 0.2) is 29.2 Å². The minimum atomic E-state index is -3.44. The molecule has 2 fully saturated rings. The topological polar surface area (TPSA) is 72.2 Å². The zero-order chi connectivity index (χ0) is 14.3. The third kappa shape index (κ3) is 2.60. The number of fused-ring (bicyclic) bond motifs is 2. The molecule has 20 heavy (non-hydrogen) atoms. The van der Waals surface area contributed by atoms with Crippen molar-refractivity contribution in [3.05, 3.63) is 29.8 Å². The van der Waals surface area contributed by atoms with Crippen LogP contribution >= 0.6 is 12.2 Å². The van der Waals surface area contributed by atoms with Crippen LogP contribution in [-0.2, 0) is 10.0 Å². The van der Waals surface area contributed by atoms with Crippen LogP contribution in [0.2, 0.25) is 0 Å². The fraction of sp³-hybridized carbons (Fsp3) is 0.500. The summed E-state index contributed by atoms with van der Waals surface area (Å²) in [5.41, 5.74) is 6.19. The summed E-state index contributed by atoms with van der Waals surface area (Å²) in [6.07, 6.45) is 4.56. The van der Waals surface area contributed by atoms with Gasteiger partial charge >= 0.3 is 0 Å². The van der Waals surface area contributed by atoms with Crippen LogP contribution in [0.3, 0.4) is 0 Å². The number of thiocarbonyl (C=S) groups is 1. The molecule has 0 aromatic heterocycles. The van der Waals surface area contributed by atoms with E-state index in [1.807, 2.05) is 0 Å². The van der Waals surface area contributed by atoms with Crippen molar-refractivity contribution < 1.29 is 8.42 Å². The lowest BCUT2D eigenvalue weighted by atomic mass is 9.96. The van der Waals surface area contributed by atoms with E-state index in [0.717, 1.165) is 12.8 Å². The van der Waals surface area contributed by atoms with Gasteiger partial charge < -0.3 is 5.73 Å². The zero-order valence-corrected chi connectivity index (χ0v) is 12.7. The molecule has 1 aromatic rings. The first-order valence-corrected chi connectivity index (χ1v) is 8.77. The normalized spacial score (nSPS) is 28.7. The number of benzene rings is 1. The highest BCUT2D eigenvalue weighted by Crippen LogP contribution is 2.44. The lowest BCUT2D eigenvalue weighted by Crippen LogP contribution is -2.38. The van der Waals surface area contributed by atoms with Gasteiger partial charge in [-0.15, -0.1) is 0 Å². The van der Waals surface area contributed by atoms with Crippen LogP contribution in [0.5, 0.6) is 0 Å². The fourth-order valence-electron chi connectivity index (χ4n) is 3.45. The quantitative estimate of drug-likeness (QED) is 0.832. The van der Waals surface area contributed by atoms with E-state index in [2.05, 4.69) is 4.72 Å². The second-order valence-corrected chi connectivity index (χ2v) is 7.95. The van der Waals surface area contributed by atoms with Crippen LogP contribution in [-0.4, -0.2) is 19.4 Å². The Morgan fingerprint density at radius 2 is 1.90 bits per heavy atom. The number of hydrogen-bond donors (Lipinski definition) is 2. The van der Waals surface area contributed by atoms with Crippen LogP contribution in [0.1, 0.15) is 31.2 Å². The minimum absolute atomic E-state index is 0.106. The smallest absolute Gasteiger partial charge is 0.240 e. The largest absolute Gasteiger partial charge is 0.389 e. The second-order valence-electron chi connectivity index (χ2n) is 5.79. The number of hydrogen-bond acceptors (Lipinski definition) is 3. The van der Waals surface area contributed by atoms with Gasteiger partial charge in [0.1, 0.15) is 4.99 Å². The number of sulfonamides is 1. The van der Waals surface area contributed by atoms with Gasteiger partial charge in [-0.2, -0.15) is 0 Å². The molecule has 3 unspecified atom stereocenters. The molecule has 1 aromatic carbocycles. The van der Waals surface area contributed by atoms with Gasteiger partial charge in [0.05, 0.1) is 4.90 Å². The molecular formula is C14H18N2O2S2. The van der Waals surface area contributed by atoms with E-state index >= 15 is 0 Å². The van der Waals surface area contributed by atoms with Crippen molar-refractivity contribution in [1.29, 1.82) is 0 Å². The monoisotopic (exact) mass is 310 g/mol. The molecule has 2 aliphatic carbocycles. The summed E-state index contributed by atoms with van der Waals surface area (Å²) < 4.78 is 27.6. The SMILES string of the molecule is NC(=S)c1ccc(S(=O)(=O)NC2CC3CCC2C3)cc1. The molecule has 0 heterocycles. The summed E-state index contributed by atoms with van der Waals surface area (Å²) in [6, 6.07) is 6.53. The third-order valence-corrected chi connectivity index (χ3v) is 6.24. The molecule has 0 aliphatic heterocycles. The van der Waals surface area contributed by atoms with Crippen molar-refractivity contribution in [2.75, 3.05) is 0 Å². The molecule has 6 heteroatoms. The molecule has 3 rings (SSSR count). The van der Waals surface area contributed by atoms with Crippen LogP contribution in [0, 0.1) is 11.8 Å². The molecule has 2 saturated carbocycles. The maximum Gasteiger partial charge on any atom is 0.240 e. The maximum atomic E-state index is 12.4. The summed E-state index contributed by atoms with van der Waals surface area (Å²) in [7, 11) is -3.44. The molecule has 0 radical (unpaired) electrons. The van der Waals surface area contributed by atoms with Gasteiger partial charge in [-0.1, -0.05) is 30.8 Å². The van der Waals surface area contributed by atoms with E-state index in [1.54, 1.807) is 24.3 Å². The van der Waals surface area contributed by atoms with Gasteiger partial charge in [0, 0.05) is 11.6 Å². The Morgan fingerprint density at radius 1 is 1.20 bits per heavy atom. The van der Waals surface area contributed by atoms with E-state index in [1.165, 1.54) is 12.8 Å². The Balaban J connectivity index is 1.76. The molecule has 0 spiro atoms. The lowest BCUT2D eigenvalue weighted by Gasteiger charge is -2.22. The summed E-state index contributed by atoms with van der Waals surface area (Å²) in [6.45, 7) is 0. The molecular weight excluding hydrogens is 292 g/mol. The number of nitrogens with one attached hydrogen (secondary N) is 1. The predicted molar refractivity (Wildman–Crippen MR) is 81.9 cm³/mol. The molecule has 0 amide bonds. The first-order valence-electron chi connectivity index (χ1n) is 6.88. The summed E-state index contributed by atoms with van der Waals surface area (Å²) >= 11 is 4.86. The summed E-state index contributed by atoms with van der Waals surface area (Å²) in [5.74, 6) is 1.23. The molecule has 0 saturated heterocycles. The predicted octanol–water partition coefficient (Wildman–Crippen LogP) is 1.79. The van der Waals surface area contributed by atoms with E-state index in [9.17, 15) is 8.42 Å². The van der Waals surface area contributed by atoms with Crippen LogP contribution in [0.25, 0.3) is 0 Å². The van der Waals surface area contributed by atoms with Crippen LogP contribution in [0.4, 0.5) is 0 Å². The van der Waals surface area contributed by atoms with Crippen molar-refractivity contribution in [2.45, 2.75) is 36.6 Å².